The fraction of sp³-hybridized carbons (Fsp3) is 0.250. The van der Waals surface area contributed by atoms with Gasteiger partial charge in [0, 0.05) is 11.8 Å². The first-order chi connectivity index (χ1) is 6.03. The van der Waals surface area contributed by atoms with Crippen molar-refractivity contribution in [1.82, 2.24) is 4.98 Å². The molecule has 1 aliphatic rings. The smallest absolute Gasteiger partial charge is 0.246 e. The Labute approximate surface area is 88.6 Å². The first-order valence-electron chi connectivity index (χ1n) is 3.69. The number of aromatic nitrogens is 1. The first kappa shape index (κ1) is 8.97. The Morgan fingerprint density at radius 3 is 3.00 bits per heavy atom. The van der Waals surface area contributed by atoms with E-state index in [-0.39, 0.29) is 5.91 Å². The highest BCUT2D eigenvalue weighted by Crippen LogP contribution is 2.44. The Kier molecular flexibility index (Phi) is 1.85. The predicted octanol–water partition coefficient (Wildman–Crippen LogP) is 2.30. The number of carbonyl (C=O) groups excluding carboxylic acids is 1. The monoisotopic (exact) mass is 260 g/mol. The number of carbonyl (C=O) groups is 1. The van der Waals surface area contributed by atoms with E-state index in [4.69, 9.17) is 11.6 Å². The topological polar surface area (TPSA) is 42.0 Å². The van der Waals surface area contributed by atoms with Crippen molar-refractivity contribution in [2.24, 2.45) is 0 Å². The molecule has 0 bridgehead atoms. The van der Waals surface area contributed by atoms with Crippen molar-refractivity contribution in [3.8, 4) is 0 Å². The fourth-order valence-electron chi connectivity index (χ4n) is 1.32. The van der Waals surface area contributed by atoms with Gasteiger partial charge in [-0.05, 0) is 13.0 Å². The summed E-state index contributed by atoms with van der Waals surface area (Å²) in [6, 6.07) is 1.67. The molecule has 1 atom stereocenters. The molecule has 2 rings (SSSR count). The molecule has 0 radical (unpaired) electrons. The van der Waals surface area contributed by atoms with Crippen molar-refractivity contribution in [2.45, 2.75) is 11.2 Å². The zero-order chi connectivity index (χ0) is 9.64. The predicted molar refractivity (Wildman–Crippen MR) is 54.2 cm³/mol. The summed E-state index contributed by atoms with van der Waals surface area (Å²) in [5.41, 5.74) is 0.710. The molecule has 0 aromatic carbocycles. The normalized spacial score (nSPS) is 25.6. The molecule has 1 amide bonds. The first-order valence-corrected chi connectivity index (χ1v) is 4.86. The van der Waals surface area contributed by atoms with Crippen LogP contribution in [0.15, 0.2) is 12.3 Å². The van der Waals surface area contributed by atoms with Gasteiger partial charge in [-0.3, -0.25) is 4.79 Å². The van der Waals surface area contributed by atoms with Crippen molar-refractivity contribution in [3.05, 3.63) is 22.8 Å². The van der Waals surface area contributed by atoms with Crippen molar-refractivity contribution in [1.29, 1.82) is 0 Å². The van der Waals surface area contributed by atoms with E-state index in [1.165, 1.54) is 0 Å². The van der Waals surface area contributed by atoms with E-state index in [0.29, 0.717) is 16.4 Å². The van der Waals surface area contributed by atoms with Gasteiger partial charge in [-0.2, -0.15) is 0 Å². The molecule has 3 nitrogen and oxygen atoms in total. The third-order valence-electron chi connectivity index (χ3n) is 2.03. The molecule has 0 saturated carbocycles. The van der Waals surface area contributed by atoms with Crippen LogP contribution in [0.1, 0.15) is 12.5 Å². The highest BCUT2D eigenvalue weighted by Gasteiger charge is 2.42. The van der Waals surface area contributed by atoms with Gasteiger partial charge in [-0.1, -0.05) is 27.5 Å². The lowest BCUT2D eigenvalue weighted by atomic mass is 10.1. The zero-order valence-electron chi connectivity index (χ0n) is 6.77. The van der Waals surface area contributed by atoms with Crippen LogP contribution in [0.5, 0.6) is 0 Å². The van der Waals surface area contributed by atoms with Gasteiger partial charge in [0.05, 0.1) is 5.02 Å². The number of pyridine rings is 1. The number of fused-ring (bicyclic) bond motifs is 1. The van der Waals surface area contributed by atoms with Gasteiger partial charge in [0.25, 0.3) is 0 Å². The molecule has 0 aliphatic carbocycles. The molecule has 5 heteroatoms. The second-order valence-corrected chi connectivity index (χ2v) is 4.97. The largest absolute Gasteiger partial charge is 0.309 e. The Bertz CT molecular complexity index is 392. The number of hydrogen-bond acceptors (Lipinski definition) is 2. The summed E-state index contributed by atoms with van der Waals surface area (Å²) in [6.45, 7) is 1.75. The van der Waals surface area contributed by atoms with Gasteiger partial charge >= 0.3 is 0 Å². The number of nitrogens with zero attached hydrogens (tertiary/aromatic N) is 1. The van der Waals surface area contributed by atoms with E-state index < -0.39 is 4.32 Å². The fourth-order valence-corrected chi connectivity index (χ4v) is 2.27. The molecular formula is C8H6BrClN2O. The van der Waals surface area contributed by atoms with Crippen molar-refractivity contribution in [2.75, 3.05) is 5.32 Å². The van der Waals surface area contributed by atoms with E-state index in [0.717, 1.165) is 0 Å². The minimum absolute atomic E-state index is 0.136. The maximum absolute atomic E-state index is 11.4. The van der Waals surface area contributed by atoms with Crippen molar-refractivity contribution in [3.63, 3.8) is 0 Å². The Hall–Kier alpha value is -0.610. The van der Waals surface area contributed by atoms with Gasteiger partial charge in [-0.25, -0.2) is 4.98 Å². The lowest BCUT2D eigenvalue weighted by Gasteiger charge is -2.12. The number of alkyl halides is 1. The van der Waals surface area contributed by atoms with Crippen LogP contribution in [-0.2, 0) is 9.12 Å². The molecule has 1 unspecified atom stereocenters. The van der Waals surface area contributed by atoms with Gasteiger partial charge in [0.15, 0.2) is 0 Å². The molecule has 2 heterocycles. The molecular weight excluding hydrogens is 255 g/mol. The van der Waals surface area contributed by atoms with Crippen molar-refractivity contribution >= 4 is 39.3 Å². The summed E-state index contributed by atoms with van der Waals surface area (Å²) in [5.74, 6) is 0.403. The van der Waals surface area contributed by atoms with E-state index in [9.17, 15) is 4.79 Å². The lowest BCUT2D eigenvalue weighted by molar-refractivity contribution is -0.117. The van der Waals surface area contributed by atoms with Crippen LogP contribution in [0, 0.1) is 0 Å². The molecule has 1 N–H and O–H groups in total. The SMILES string of the molecule is CC1(Br)C(=O)Nc2nccc(Cl)c21. The van der Waals surface area contributed by atoms with Crippen LogP contribution in [0.4, 0.5) is 5.82 Å². The number of halogens is 2. The summed E-state index contributed by atoms with van der Waals surface area (Å²) >= 11 is 9.28. The van der Waals surface area contributed by atoms with Gasteiger partial charge in [-0.15, -0.1) is 0 Å². The standard InChI is InChI=1S/C8H6BrClN2O/c1-8(9)5-4(10)2-3-11-6(5)12-7(8)13/h2-3H,1H3,(H,11,12,13). The van der Waals surface area contributed by atoms with Crippen LogP contribution >= 0.6 is 27.5 Å². The number of nitrogens with one attached hydrogen (secondary N) is 1. The summed E-state index contributed by atoms with van der Waals surface area (Å²) in [5, 5.41) is 3.19. The van der Waals surface area contributed by atoms with E-state index >= 15 is 0 Å². The molecule has 0 saturated heterocycles. The summed E-state index contributed by atoms with van der Waals surface area (Å²) in [6.07, 6.45) is 1.57. The number of rotatable bonds is 0. The molecule has 1 aromatic rings. The maximum Gasteiger partial charge on any atom is 0.246 e. The van der Waals surface area contributed by atoms with Crippen LogP contribution in [-0.4, -0.2) is 10.9 Å². The minimum Gasteiger partial charge on any atom is -0.309 e. The third-order valence-corrected chi connectivity index (χ3v) is 3.10. The molecule has 0 fully saturated rings. The summed E-state index contributed by atoms with van der Waals surface area (Å²) in [4.78, 5) is 15.5. The molecule has 68 valence electrons. The van der Waals surface area contributed by atoms with E-state index in [1.54, 1.807) is 19.2 Å². The molecule has 1 aromatic heterocycles. The Balaban J connectivity index is 2.70. The maximum atomic E-state index is 11.4. The minimum atomic E-state index is -0.756. The summed E-state index contributed by atoms with van der Waals surface area (Å²) in [7, 11) is 0. The molecule has 0 spiro atoms. The third kappa shape index (κ3) is 1.16. The average molecular weight is 262 g/mol. The van der Waals surface area contributed by atoms with Crippen LogP contribution in [0.3, 0.4) is 0 Å². The second-order valence-electron chi connectivity index (χ2n) is 2.97. The highest BCUT2D eigenvalue weighted by atomic mass is 79.9. The van der Waals surface area contributed by atoms with Crippen LogP contribution in [0.25, 0.3) is 0 Å². The van der Waals surface area contributed by atoms with Gasteiger partial charge in [0.2, 0.25) is 5.91 Å². The van der Waals surface area contributed by atoms with Crippen LogP contribution in [0.2, 0.25) is 5.02 Å². The van der Waals surface area contributed by atoms with Crippen molar-refractivity contribution < 1.29 is 4.79 Å². The second kappa shape index (κ2) is 2.69. The highest BCUT2D eigenvalue weighted by molar-refractivity contribution is 9.10. The number of amides is 1. The lowest BCUT2D eigenvalue weighted by Crippen LogP contribution is -2.23. The summed E-state index contributed by atoms with van der Waals surface area (Å²) < 4.78 is -0.756. The number of anilines is 1. The van der Waals surface area contributed by atoms with Crippen LogP contribution < -0.4 is 5.32 Å². The Morgan fingerprint density at radius 2 is 2.38 bits per heavy atom. The van der Waals surface area contributed by atoms with E-state index in [1.807, 2.05) is 0 Å². The van der Waals surface area contributed by atoms with Gasteiger partial charge in [0.1, 0.15) is 10.1 Å². The van der Waals surface area contributed by atoms with Gasteiger partial charge < -0.3 is 5.32 Å². The Morgan fingerprint density at radius 1 is 1.69 bits per heavy atom. The number of hydrogen-bond donors (Lipinski definition) is 1. The molecule has 13 heavy (non-hydrogen) atoms. The quantitative estimate of drug-likeness (QED) is 0.728. The zero-order valence-corrected chi connectivity index (χ0v) is 9.11. The molecule has 1 aliphatic heterocycles. The average Bonchev–Trinajstić information content (AvgIpc) is 2.24. The van der Waals surface area contributed by atoms with E-state index in [2.05, 4.69) is 26.2 Å².